The van der Waals surface area contributed by atoms with E-state index in [4.69, 9.17) is 18.9 Å². The number of ether oxygens (including phenoxy) is 4. The van der Waals surface area contributed by atoms with Crippen LogP contribution < -0.4 is 14.2 Å². The number of rotatable bonds is 11. The molecule has 10 rings (SSSR count). The van der Waals surface area contributed by atoms with E-state index in [0.29, 0.717) is 40.6 Å². The van der Waals surface area contributed by atoms with Crippen molar-refractivity contribution >= 4 is 0 Å². The highest BCUT2D eigenvalue weighted by Crippen LogP contribution is 2.69. The molecule has 75 heavy (non-hydrogen) atoms. The summed E-state index contributed by atoms with van der Waals surface area (Å²) in [6.07, 6.45) is 21.9. The smallest absolute Gasteiger partial charge is 0.119 e. The van der Waals surface area contributed by atoms with Gasteiger partial charge in [0.1, 0.15) is 17.2 Å². The second kappa shape index (κ2) is 21.2. The van der Waals surface area contributed by atoms with Gasteiger partial charge in [-0.1, -0.05) is 84.8 Å². The molecular weight excluding hydrogens is 925 g/mol. The molecule has 0 radical (unpaired) electrons. The molecule has 3 aromatic carbocycles. The monoisotopic (exact) mass is 1030 g/mol. The number of allylic oxidation sites excluding steroid dienone is 4. The number of epoxide rings is 1. The highest BCUT2D eigenvalue weighted by molar-refractivity contribution is 5.52. The summed E-state index contributed by atoms with van der Waals surface area (Å²) in [5.41, 5.74) is 15.9. The molecule has 4 saturated carbocycles. The number of aliphatic hydroxyl groups excluding tert-OH is 2. The van der Waals surface area contributed by atoms with E-state index in [0.717, 1.165) is 75.0 Å². The van der Waals surface area contributed by atoms with E-state index >= 15 is 0 Å². The van der Waals surface area contributed by atoms with Gasteiger partial charge in [0.2, 0.25) is 0 Å². The maximum atomic E-state index is 10.7. The van der Waals surface area contributed by atoms with Crippen molar-refractivity contribution in [1.29, 1.82) is 0 Å². The van der Waals surface area contributed by atoms with E-state index < -0.39 is 0 Å². The Kier molecular flexibility index (Phi) is 16.3. The van der Waals surface area contributed by atoms with Crippen LogP contribution >= 0.6 is 0 Å². The van der Waals surface area contributed by atoms with Gasteiger partial charge in [-0.3, -0.25) is 0 Å². The zero-order chi connectivity index (χ0) is 54.8. The second-order valence-corrected chi connectivity index (χ2v) is 28.2. The number of benzene rings is 3. The first kappa shape index (κ1) is 57.6. The van der Waals surface area contributed by atoms with Gasteiger partial charge in [0.15, 0.2) is 0 Å². The average molecular weight is 1030 g/mol. The molecule has 6 aliphatic carbocycles. The summed E-state index contributed by atoms with van der Waals surface area (Å²) in [7, 11) is 5.27. The molecule has 1 heterocycles. The van der Waals surface area contributed by atoms with Crippen LogP contribution in [0.3, 0.4) is 0 Å². The Morgan fingerprint density at radius 3 is 1.44 bits per heavy atom. The van der Waals surface area contributed by atoms with Crippen LogP contribution in [0.25, 0.3) is 0 Å². The Hall–Kier alpha value is -3.58. The number of hydrogen-bond acceptors (Lipinski definition) is 6. The van der Waals surface area contributed by atoms with Crippen LogP contribution in [0.15, 0.2) is 65.8 Å². The zero-order valence-corrected chi connectivity index (χ0v) is 50.4. The molecule has 0 aromatic heterocycles. The van der Waals surface area contributed by atoms with Crippen molar-refractivity contribution in [3.63, 3.8) is 0 Å². The van der Waals surface area contributed by atoms with E-state index in [-0.39, 0.29) is 39.5 Å². The van der Waals surface area contributed by atoms with Gasteiger partial charge in [0.25, 0.3) is 0 Å². The molecule has 0 spiro atoms. The minimum Gasteiger partial charge on any atom is -0.497 e. The van der Waals surface area contributed by atoms with Crippen LogP contribution in [0.1, 0.15) is 205 Å². The standard InChI is InChI=1S/3C23H34O2/c2*1-14-11-16(25-6)12-15-13-18-22(4)10-8-19(24)21(2,3)17(22)7-9-23(18,5)20(14)15;1-17(10-12-20-14-19(3)15-21(16-20)24-6)8-7-9-18(2)11-13-22-23(4,5)25-22/h2*11-12,17-19,24H,7-10,13H2,1-6H3;9-10,14-16,22H,7-8,11-13H2,1-6H3/b;;17-10+,18-9+/t2*17-,18+,19-,22-,23+;/m10./s1. The summed E-state index contributed by atoms with van der Waals surface area (Å²) in [5.74, 6) is 5.51. The largest absolute Gasteiger partial charge is 0.497 e. The Labute approximate surface area is 456 Å². The topological polar surface area (TPSA) is 80.7 Å². The van der Waals surface area contributed by atoms with Gasteiger partial charge < -0.3 is 29.2 Å². The minimum absolute atomic E-state index is 0.0236. The summed E-state index contributed by atoms with van der Waals surface area (Å²) in [6, 6.07) is 15.4. The average Bonchev–Trinajstić information content (AvgIpc) is 3.70. The lowest BCUT2D eigenvalue weighted by Gasteiger charge is -2.62. The minimum atomic E-state index is -0.152. The lowest BCUT2D eigenvalue weighted by molar-refractivity contribution is -0.151. The third-order valence-corrected chi connectivity index (χ3v) is 22.3. The van der Waals surface area contributed by atoms with E-state index in [9.17, 15) is 10.2 Å². The number of aryl methyl sites for hydroxylation is 3. The normalized spacial score (nSPS) is 34.4. The van der Waals surface area contributed by atoms with E-state index in [1.54, 1.807) is 32.5 Å². The SMILES string of the molecule is COc1cc(C)c2c(c1)C[C@@H]1[C@@]3(C)CC[C@H](O)C(C)(C)[C@@H]3CC[C@@]21C.COc1cc(C)c2c(c1)C[C@H]1[C@]3(C)CC[C@@H](O)C(C)(C)[C@H]3CC[C@]21C.COc1cc(C)cc(C/C=C(\C)CC/C=C(\C)CCC2OC2(C)C)c1. The number of hydrogen-bond donors (Lipinski definition) is 2. The Bertz CT molecular complexity index is 2490. The summed E-state index contributed by atoms with van der Waals surface area (Å²) in [6.45, 7) is 34.8. The Balaban J connectivity index is 0.000000149. The zero-order valence-electron chi connectivity index (χ0n) is 50.4. The fraction of sp³-hybridized carbons (Fsp3) is 0.681. The number of methoxy groups -OCH3 is 3. The molecule has 6 nitrogen and oxygen atoms in total. The van der Waals surface area contributed by atoms with Gasteiger partial charge >= 0.3 is 0 Å². The first-order valence-electron chi connectivity index (χ1n) is 29.4. The quantitative estimate of drug-likeness (QED) is 0.147. The lowest BCUT2D eigenvalue weighted by atomic mass is 9.43. The summed E-state index contributed by atoms with van der Waals surface area (Å²) in [5, 5.41) is 21.3. The molecule has 6 heteroatoms. The highest BCUT2D eigenvalue weighted by Gasteiger charge is 2.64. The van der Waals surface area contributed by atoms with Crippen LogP contribution in [0, 0.1) is 66.1 Å². The van der Waals surface area contributed by atoms with E-state index in [1.165, 1.54) is 83.1 Å². The molecule has 0 bridgehead atoms. The predicted octanol–water partition coefficient (Wildman–Crippen LogP) is 16.2. The fourth-order valence-corrected chi connectivity index (χ4v) is 18.1. The molecule has 5 fully saturated rings. The molecule has 0 amide bonds. The van der Waals surface area contributed by atoms with Crippen molar-refractivity contribution < 1.29 is 29.2 Å². The summed E-state index contributed by atoms with van der Waals surface area (Å²) < 4.78 is 22.1. The van der Waals surface area contributed by atoms with Crippen LogP contribution in [0.4, 0.5) is 0 Å². The van der Waals surface area contributed by atoms with Crippen LogP contribution in [-0.2, 0) is 34.8 Å². The van der Waals surface area contributed by atoms with Crippen molar-refractivity contribution in [3.8, 4) is 17.2 Å². The van der Waals surface area contributed by atoms with E-state index in [2.05, 4.69) is 158 Å². The molecule has 1 saturated heterocycles. The first-order valence-corrected chi connectivity index (χ1v) is 29.4. The highest BCUT2D eigenvalue weighted by atomic mass is 16.6. The van der Waals surface area contributed by atoms with Crippen molar-refractivity contribution in [3.05, 3.63) is 110 Å². The molecular formula is C69H102O6. The molecule has 3 aromatic rings. The van der Waals surface area contributed by atoms with Crippen LogP contribution in [-0.4, -0.2) is 55.5 Å². The predicted molar refractivity (Wildman–Crippen MR) is 311 cm³/mol. The van der Waals surface area contributed by atoms with Gasteiger partial charge in [-0.25, -0.2) is 0 Å². The molecule has 1 unspecified atom stereocenters. The molecule has 1 aliphatic heterocycles. The van der Waals surface area contributed by atoms with Gasteiger partial charge in [0, 0.05) is 0 Å². The summed E-state index contributed by atoms with van der Waals surface area (Å²) >= 11 is 0. The second-order valence-electron chi connectivity index (χ2n) is 28.2. The molecule has 7 aliphatic rings. The molecule has 2 N–H and O–H groups in total. The van der Waals surface area contributed by atoms with Gasteiger partial charge in [-0.15, -0.1) is 0 Å². The van der Waals surface area contributed by atoms with Crippen LogP contribution in [0.5, 0.6) is 17.2 Å². The van der Waals surface area contributed by atoms with E-state index in [1.807, 2.05) is 0 Å². The van der Waals surface area contributed by atoms with Crippen molar-refractivity contribution in [2.45, 2.75) is 235 Å². The Morgan fingerprint density at radius 2 is 1.00 bits per heavy atom. The van der Waals surface area contributed by atoms with Crippen LogP contribution in [0.2, 0.25) is 0 Å². The van der Waals surface area contributed by atoms with Crippen molar-refractivity contribution in [2.24, 2.45) is 45.3 Å². The third-order valence-electron chi connectivity index (χ3n) is 22.3. The third kappa shape index (κ3) is 10.7. The van der Waals surface area contributed by atoms with Crippen molar-refractivity contribution in [1.82, 2.24) is 0 Å². The lowest BCUT2D eigenvalue weighted by Crippen LogP contribution is -2.58. The maximum Gasteiger partial charge on any atom is 0.119 e. The number of aliphatic hydroxyl groups is 2. The number of fused-ring (bicyclic) bond motifs is 10. The Morgan fingerprint density at radius 1 is 0.560 bits per heavy atom. The molecule has 11 atom stereocenters. The van der Waals surface area contributed by atoms with Crippen molar-refractivity contribution in [2.75, 3.05) is 21.3 Å². The van der Waals surface area contributed by atoms with Gasteiger partial charge in [-0.05, 0) is 282 Å². The first-order chi connectivity index (χ1) is 35.1. The summed E-state index contributed by atoms with van der Waals surface area (Å²) in [4.78, 5) is 0. The van der Waals surface area contributed by atoms with Gasteiger partial charge in [0.05, 0.1) is 45.2 Å². The fourth-order valence-electron chi connectivity index (χ4n) is 18.1. The maximum absolute atomic E-state index is 10.7. The molecule has 414 valence electrons. The van der Waals surface area contributed by atoms with Gasteiger partial charge in [-0.2, -0.15) is 0 Å².